The van der Waals surface area contributed by atoms with Crippen LogP contribution in [0.1, 0.15) is 17.3 Å². The molecular weight excluding hydrogens is 314 g/mol. The molecule has 0 saturated heterocycles. The van der Waals surface area contributed by atoms with Crippen LogP contribution in [-0.4, -0.2) is 24.7 Å². The van der Waals surface area contributed by atoms with E-state index in [-0.39, 0.29) is 12.2 Å². The van der Waals surface area contributed by atoms with Crippen LogP contribution in [-0.2, 0) is 4.74 Å². The van der Waals surface area contributed by atoms with Gasteiger partial charge in [0.2, 0.25) is 5.43 Å². The van der Waals surface area contributed by atoms with Gasteiger partial charge in [0.15, 0.2) is 0 Å². The fourth-order valence-electron chi connectivity index (χ4n) is 1.80. The zero-order valence-electron chi connectivity index (χ0n) is 10.5. The molecule has 2 aromatic rings. The number of carbonyl (C=O) groups excluding carboxylic acids is 1. The lowest BCUT2D eigenvalue weighted by Crippen LogP contribution is -2.18. The number of hydrogen-bond acceptors (Lipinski definition) is 4. The van der Waals surface area contributed by atoms with Gasteiger partial charge in [0.05, 0.1) is 24.6 Å². The molecule has 100 valence electrons. The van der Waals surface area contributed by atoms with Gasteiger partial charge in [-0.25, -0.2) is 4.79 Å². The van der Waals surface area contributed by atoms with Crippen LogP contribution in [0.4, 0.5) is 0 Å². The van der Waals surface area contributed by atoms with E-state index in [0.29, 0.717) is 21.1 Å². The van der Waals surface area contributed by atoms with E-state index < -0.39 is 11.4 Å². The summed E-state index contributed by atoms with van der Waals surface area (Å²) in [5.74, 6) is -0.105. The van der Waals surface area contributed by atoms with Crippen LogP contribution >= 0.6 is 15.9 Å². The minimum absolute atomic E-state index is 0.0247. The first-order chi connectivity index (χ1) is 9.10. The van der Waals surface area contributed by atoms with Crippen LogP contribution in [0.25, 0.3) is 10.9 Å². The normalized spacial score (nSPS) is 10.5. The quantitative estimate of drug-likeness (QED) is 0.880. The lowest BCUT2D eigenvalue weighted by molar-refractivity contribution is 0.0524. The molecule has 0 aliphatic carbocycles. The fourth-order valence-corrected chi connectivity index (χ4v) is 2.31. The van der Waals surface area contributed by atoms with Gasteiger partial charge in [-0.2, -0.15) is 0 Å². The number of aromatic amines is 1. The first kappa shape index (κ1) is 13.6. The number of esters is 1. The Kier molecular flexibility index (Phi) is 3.90. The smallest absolute Gasteiger partial charge is 0.343 e. The maximum absolute atomic E-state index is 12.3. The molecule has 0 radical (unpaired) electrons. The molecule has 19 heavy (non-hydrogen) atoms. The molecule has 0 fully saturated rings. The highest BCUT2D eigenvalue weighted by molar-refractivity contribution is 9.10. The molecule has 0 atom stereocenters. The van der Waals surface area contributed by atoms with Gasteiger partial charge < -0.3 is 14.5 Å². The second kappa shape index (κ2) is 5.44. The minimum atomic E-state index is -0.639. The van der Waals surface area contributed by atoms with E-state index >= 15 is 0 Å². The van der Waals surface area contributed by atoms with Crippen molar-refractivity contribution in [1.29, 1.82) is 0 Å². The molecule has 0 bridgehead atoms. The fraction of sp³-hybridized carbons (Fsp3) is 0.231. The van der Waals surface area contributed by atoms with Crippen molar-refractivity contribution < 1.29 is 14.3 Å². The van der Waals surface area contributed by atoms with Gasteiger partial charge in [-0.15, -0.1) is 0 Å². The van der Waals surface area contributed by atoms with Gasteiger partial charge in [0, 0.05) is 10.7 Å². The van der Waals surface area contributed by atoms with Gasteiger partial charge in [-0.05, 0) is 35.0 Å². The summed E-state index contributed by atoms with van der Waals surface area (Å²) in [6.45, 7) is 1.90. The van der Waals surface area contributed by atoms with Gasteiger partial charge in [0.25, 0.3) is 0 Å². The van der Waals surface area contributed by atoms with E-state index in [0.717, 1.165) is 0 Å². The molecule has 6 heteroatoms. The van der Waals surface area contributed by atoms with Crippen LogP contribution in [0.5, 0.6) is 5.75 Å². The number of carbonyl (C=O) groups is 1. The van der Waals surface area contributed by atoms with Crippen molar-refractivity contribution in [3.05, 3.63) is 38.6 Å². The third kappa shape index (κ3) is 2.35. The number of H-pyrrole nitrogens is 1. The van der Waals surface area contributed by atoms with Crippen molar-refractivity contribution in [3.8, 4) is 5.75 Å². The van der Waals surface area contributed by atoms with Crippen molar-refractivity contribution in [1.82, 2.24) is 4.98 Å². The van der Waals surface area contributed by atoms with Crippen molar-refractivity contribution in [2.75, 3.05) is 13.7 Å². The average Bonchev–Trinajstić information content (AvgIpc) is 2.39. The number of fused-ring (bicyclic) bond motifs is 1. The van der Waals surface area contributed by atoms with E-state index in [2.05, 4.69) is 20.9 Å². The number of methoxy groups -OCH3 is 1. The van der Waals surface area contributed by atoms with Crippen molar-refractivity contribution in [3.63, 3.8) is 0 Å². The number of nitrogens with one attached hydrogen (secondary N) is 1. The summed E-state index contributed by atoms with van der Waals surface area (Å²) in [6.07, 6.45) is 1.34. The lowest BCUT2D eigenvalue weighted by Gasteiger charge is -2.08. The molecule has 0 aliphatic rings. The number of aromatic nitrogens is 1. The van der Waals surface area contributed by atoms with Crippen LogP contribution < -0.4 is 10.2 Å². The first-order valence-electron chi connectivity index (χ1n) is 5.65. The molecule has 0 aliphatic heterocycles. The monoisotopic (exact) mass is 325 g/mol. The predicted octanol–water partition coefficient (Wildman–Crippen LogP) is 2.48. The van der Waals surface area contributed by atoms with Crippen LogP contribution in [0, 0.1) is 0 Å². The zero-order valence-corrected chi connectivity index (χ0v) is 12.0. The van der Waals surface area contributed by atoms with Gasteiger partial charge in [-0.3, -0.25) is 4.79 Å². The summed E-state index contributed by atoms with van der Waals surface area (Å²) in [5, 5.41) is 0.366. The SMILES string of the molecule is CCOC(=O)c1c[nH]c2c(OC)ccc(Br)c2c1=O. The Morgan fingerprint density at radius 3 is 2.79 bits per heavy atom. The van der Waals surface area contributed by atoms with Gasteiger partial charge in [0.1, 0.15) is 11.3 Å². The largest absolute Gasteiger partial charge is 0.495 e. The molecule has 2 rings (SSSR count). The predicted molar refractivity (Wildman–Crippen MR) is 74.8 cm³/mol. The Bertz CT molecular complexity index is 693. The summed E-state index contributed by atoms with van der Waals surface area (Å²) in [5.41, 5.74) is 0.121. The molecule has 0 amide bonds. The topological polar surface area (TPSA) is 68.4 Å². The van der Waals surface area contributed by atoms with Crippen LogP contribution in [0.2, 0.25) is 0 Å². The minimum Gasteiger partial charge on any atom is -0.495 e. The van der Waals surface area contributed by atoms with E-state index in [9.17, 15) is 9.59 Å². The Hall–Kier alpha value is -1.82. The Morgan fingerprint density at radius 1 is 1.42 bits per heavy atom. The summed E-state index contributed by atoms with van der Waals surface area (Å²) in [7, 11) is 1.51. The van der Waals surface area contributed by atoms with E-state index in [1.165, 1.54) is 13.3 Å². The van der Waals surface area contributed by atoms with Gasteiger partial charge in [-0.1, -0.05) is 0 Å². The number of pyridine rings is 1. The third-order valence-electron chi connectivity index (χ3n) is 2.66. The zero-order chi connectivity index (χ0) is 14.0. The Labute approximate surface area is 117 Å². The highest BCUT2D eigenvalue weighted by Gasteiger charge is 2.17. The Balaban J connectivity index is 2.75. The molecule has 1 aromatic carbocycles. The molecule has 1 N–H and O–H groups in total. The summed E-state index contributed by atoms with van der Waals surface area (Å²) < 4.78 is 10.6. The number of rotatable bonds is 3. The molecule has 0 unspecified atom stereocenters. The summed E-state index contributed by atoms with van der Waals surface area (Å²) >= 11 is 3.31. The van der Waals surface area contributed by atoms with Gasteiger partial charge >= 0.3 is 5.97 Å². The molecule has 1 aromatic heterocycles. The lowest BCUT2D eigenvalue weighted by atomic mass is 10.1. The average molecular weight is 326 g/mol. The number of ether oxygens (including phenoxy) is 2. The molecule has 5 nitrogen and oxygen atoms in total. The number of hydrogen-bond donors (Lipinski definition) is 1. The maximum Gasteiger partial charge on any atom is 0.343 e. The first-order valence-corrected chi connectivity index (χ1v) is 6.44. The third-order valence-corrected chi connectivity index (χ3v) is 3.32. The van der Waals surface area contributed by atoms with Crippen LogP contribution in [0.3, 0.4) is 0 Å². The van der Waals surface area contributed by atoms with E-state index in [1.54, 1.807) is 19.1 Å². The van der Waals surface area contributed by atoms with Crippen molar-refractivity contribution in [2.45, 2.75) is 6.92 Å². The number of benzene rings is 1. The maximum atomic E-state index is 12.3. The Morgan fingerprint density at radius 2 is 2.16 bits per heavy atom. The molecular formula is C13H12BrNO4. The molecule has 0 spiro atoms. The second-order valence-electron chi connectivity index (χ2n) is 3.75. The van der Waals surface area contributed by atoms with E-state index in [1.807, 2.05) is 0 Å². The highest BCUT2D eigenvalue weighted by Crippen LogP contribution is 2.27. The molecule has 1 heterocycles. The van der Waals surface area contributed by atoms with Crippen LogP contribution in [0.15, 0.2) is 27.6 Å². The van der Waals surface area contributed by atoms with Crippen molar-refractivity contribution >= 4 is 32.8 Å². The highest BCUT2D eigenvalue weighted by atomic mass is 79.9. The van der Waals surface area contributed by atoms with Crippen molar-refractivity contribution in [2.24, 2.45) is 0 Å². The molecule has 0 saturated carbocycles. The summed E-state index contributed by atoms with van der Waals surface area (Å²) in [6, 6.07) is 3.43. The summed E-state index contributed by atoms with van der Waals surface area (Å²) in [4.78, 5) is 26.9. The number of halogens is 1. The standard InChI is InChI=1S/C13H12BrNO4/c1-3-19-13(17)7-6-15-11-9(18-2)5-4-8(14)10(11)12(7)16/h4-6H,3H2,1-2H3,(H,15,16). The van der Waals surface area contributed by atoms with E-state index in [4.69, 9.17) is 9.47 Å². The second-order valence-corrected chi connectivity index (χ2v) is 4.61.